The van der Waals surface area contributed by atoms with Gasteiger partial charge in [-0.2, -0.15) is 0 Å². The molecule has 1 heterocycles. The highest BCUT2D eigenvalue weighted by Crippen LogP contribution is 2.73. The van der Waals surface area contributed by atoms with E-state index in [1.165, 1.54) is 6.20 Å². The molecule has 1 N–H and O–H groups in total. The fourth-order valence-electron chi connectivity index (χ4n) is 2.96. The number of ether oxygens (including phenoxy) is 1. The van der Waals surface area contributed by atoms with Crippen LogP contribution in [0.5, 0.6) is 0 Å². The number of aromatic nitrogens is 1. The van der Waals surface area contributed by atoms with Crippen molar-refractivity contribution in [2.45, 2.75) is 65.5 Å². The molecule has 1 rings (SSSR count). The minimum atomic E-state index is -4.15. The number of hydrogen-bond acceptors (Lipinski definition) is 9. The minimum Gasteiger partial charge on any atom is -0.444 e. The molecule has 0 fully saturated rings. The topological polar surface area (TPSA) is 122 Å². The molecule has 0 aliphatic carbocycles. The number of carbonyl (C=O) groups excluding carboxylic acids is 1. The van der Waals surface area contributed by atoms with Crippen molar-refractivity contribution < 1.29 is 36.8 Å². The average molecular weight is 494 g/mol. The Bertz CT molecular complexity index is 751. The maximum absolute atomic E-state index is 14.0. The Balaban J connectivity index is 3.73. The summed E-state index contributed by atoms with van der Waals surface area (Å²) in [4.78, 5) is 16.8. The van der Waals surface area contributed by atoms with E-state index >= 15 is 0 Å². The first-order chi connectivity index (χ1) is 15.0. The molecule has 10 nitrogen and oxygen atoms in total. The predicted molar refractivity (Wildman–Crippen MR) is 122 cm³/mol. The molecule has 184 valence electrons. The fourth-order valence-corrected chi connectivity index (χ4v) is 8.57. The molecule has 1 unspecified atom stereocenters. The Morgan fingerprint density at radius 1 is 0.969 bits per heavy atom. The van der Waals surface area contributed by atoms with Gasteiger partial charge in [0, 0.05) is 12.4 Å². The highest BCUT2D eigenvalue weighted by atomic mass is 31.2. The molecule has 12 heteroatoms. The van der Waals surface area contributed by atoms with Gasteiger partial charge < -0.3 is 28.1 Å². The number of nitrogens with zero attached hydrogens (tertiary/aromatic N) is 1. The first-order valence-corrected chi connectivity index (χ1v) is 13.9. The third-order valence-corrected chi connectivity index (χ3v) is 9.96. The SMILES string of the molecule is CCOP(=O)(OCC)C(C(NC(=O)OC(C)(C)C)c1cccnc1)P(=O)(OCC)OCC. The van der Waals surface area contributed by atoms with Gasteiger partial charge in [-0.1, -0.05) is 6.07 Å². The lowest BCUT2D eigenvalue weighted by Crippen LogP contribution is -2.40. The Morgan fingerprint density at radius 3 is 1.78 bits per heavy atom. The normalized spacial score (nSPS) is 13.8. The summed E-state index contributed by atoms with van der Waals surface area (Å²) in [7, 11) is -8.30. The molecule has 0 radical (unpaired) electrons. The Hall–Kier alpha value is -1.28. The maximum Gasteiger partial charge on any atom is 0.408 e. The zero-order chi connectivity index (χ0) is 24.4. The summed E-state index contributed by atoms with van der Waals surface area (Å²) in [5, 5.41) is 1.16. The second kappa shape index (κ2) is 12.8. The molecular formula is C20H36N2O8P2. The second-order valence-corrected chi connectivity index (χ2v) is 12.3. The van der Waals surface area contributed by atoms with Crippen molar-refractivity contribution in [3.63, 3.8) is 0 Å². The minimum absolute atomic E-state index is 0.0121. The highest BCUT2D eigenvalue weighted by molar-refractivity contribution is 7.72. The van der Waals surface area contributed by atoms with Crippen molar-refractivity contribution in [3.8, 4) is 0 Å². The van der Waals surface area contributed by atoms with Crippen LogP contribution in [0.15, 0.2) is 24.5 Å². The Morgan fingerprint density at radius 2 is 1.44 bits per heavy atom. The van der Waals surface area contributed by atoms with Crippen LogP contribution in [-0.4, -0.2) is 48.5 Å². The third-order valence-electron chi connectivity index (χ3n) is 3.90. The van der Waals surface area contributed by atoms with Gasteiger partial charge in [0.1, 0.15) is 5.60 Å². The molecular weight excluding hydrogens is 458 g/mol. The van der Waals surface area contributed by atoms with Crippen molar-refractivity contribution in [1.29, 1.82) is 0 Å². The van der Waals surface area contributed by atoms with Crippen molar-refractivity contribution in [2.24, 2.45) is 0 Å². The molecule has 1 amide bonds. The lowest BCUT2D eigenvalue weighted by Gasteiger charge is -2.36. The number of nitrogens with one attached hydrogen (secondary N) is 1. The van der Waals surface area contributed by atoms with Gasteiger partial charge in [-0.25, -0.2) is 4.79 Å². The predicted octanol–water partition coefficient (Wildman–Crippen LogP) is 5.51. The van der Waals surface area contributed by atoms with Crippen LogP contribution < -0.4 is 5.32 Å². The van der Waals surface area contributed by atoms with Crippen LogP contribution in [0, 0.1) is 0 Å². The smallest absolute Gasteiger partial charge is 0.408 e. The van der Waals surface area contributed by atoms with Crippen LogP contribution in [0.25, 0.3) is 0 Å². The summed E-state index contributed by atoms with van der Waals surface area (Å²) in [6.45, 7) is 11.7. The van der Waals surface area contributed by atoms with E-state index in [1.807, 2.05) is 0 Å². The summed E-state index contributed by atoms with van der Waals surface area (Å²) in [5.41, 5.74) is -0.394. The van der Waals surface area contributed by atoms with Crippen molar-refractivity contribution in [3.05, 3.63) is 30.1 Å². The first kappa shape index (κ1) is 28.8. The summed E-state index contributed by atoms with van der Waals surface area (Å²) < 4.78 is 55.6. The van der Waals surface area contributed by atoms with Crippen molar-refractivity contribution >= 4 is 21.3 Å². The van der Waals surface area contributed by atoms with Crippen LogP contribution in [0.2, 0.25) is 0 Å². The first-order valence-electron chi connectivity index (χ1n) is 10.6. The largest absolute Gasteiger partial charge is 0.444 e. The highest BCUT2D eigenvalue weighted by Gasteiger charge is 2.56. The third kappa shape index (κ3) is 8.25. The second-order valence-electron chi connectivity index (χ2n) is 7.57. The number of alkyl carbamates (subject to hydrolysis) is 1. The van der Waals surface area contributed by atoms with Gasteiger partial charge in [-0.3, -0.25) is 14.1 Å². The van der Waals surface area contributed by atoms with Crippen LogP contribution in [-0.2, 0) is 32.0 Å². The molecule has 32 heavy (non-hydrogen) atoms. The average Bonchev–Trinajstić information content (AvgIpc) is 2.67. The van der Waals surface area contributed by atoms with E-state index < -0.39 is 38.3 Å². The van der Waals surface area contributed by atoms with Crippen LogP contribution in [0.4, 0.5) is 4.79 Å². The van der Waals surface area contributed by atoms with E-state index in [-0.39, 0.29) is 26.4 Å². The van der Waals surface area contributed by atoms with E-state index in [2.05, 4.69) is 10.3 Å². The fraction of sp³-hybridized carbons (Fsp3) is 0.700. The van der Waals surface area contributed by atoms with Gasteiger partial charge in [0.25, 0.3) is 0 Å². The zero-order valence-corrected chi connectivity index (χ0v) is 21.7. The van der Waals surface area contributed by atoms with Crippen molar-refractivity contribution in [2.75, 3.05) is 26.4 Å². The zero-order valence-electron chi connectivity index (χ0n) is 19.9. The van der Waals surface area contributed by atoms with Gasteiger partial charge in [-0.15, -0.1) is 0 Å². The van der Waals surface area contributed by atoms with E-state index in [4.69, 9.17) is 22.8 Å². The molecule has 1 atom stereocenters. The molecule has 0 spiro atoms. The number of pyridine rings is 1. The maximum atomic E-state index is 14.0. The lowest BCUT2D eigenvalue weighted by molar-refractivity contribution is 0.0502. The van der Waals surface area contributed by atoms with Gasteiger partial charge in [0.2, 0.25) is 0 Å². The number of hydrogen-bond donors (Lipinski definition) is 1. The molecule has 1 aromatic heterocycles. The van der Waals surface area contributed by atoms with Gasteiger partial charge in [-0.05, 0) is 60.1 Å². The lowest BCUT2D eigenvalue weighted by atomic mass is 10.1. The number of carbonyl (C=O) groups is 1. The Labute approximate surface area is 190 Å². The number of rotatable bonds is 13. The molecule has 1 aromatic rings. The molecule has 0 saturated heterocycles. The standard InChI is InChI=1S/C20H36N2O8P2/c1-8-26-31(24,27-9-2)18(32(25,28-10-3)29-11-4)17(16-13-12-14-21-15-16)22-19(23)30-20(5,6)7/h12-15,17-18H,8-11H2,1-7H3,(H,22,23). The summed E-state index contributed by atoms with van der Waals surface area (Å²) in [5.74, 6) is 0. The Kier molecular flexibility index (Phi) is 11.5. The number of amides is 1. The molecule has 0 aliphatic rings. The van der Waals surface area contributed by atoms with Gasteiger partial charge in [0.05, 0.1) is 32.5 Å². The van der Waals surface area contributed by atoms with E-state index in [9.17, 15) is 13.9 Å². The summed E-state index contributed by atoms with van der Waals surface area (Å²) in [6, 6.07) is 2.10. The summed E-state index contributed by atoms with van der Waals surface area (Å²) in [6.07, 6.45) is 2.19. The van der Waals surface area contributed by atoms with Crippen molar-refractivity contribution in [1.82, 2.24) is 10.3 Å². The van der Waals surface area contributed by atoms with E-state index in [1.54, 1.807) is 66.8 Å². The van der Waals surface area contributed by atoms with Crippen LogP contribution in [0.3, 0.4) is 0 Å². The van der Waals surface area contributed by atoms with E-state index in [0.717, 1.165) is 0 Å². The molecule has 0 aliphatic heterocycles. The van der Waals surface area contributed by atoms with E-state index in [0.29, 0.717) is 5.56 Å². The quantitative estimate of drug-likeness (QED) is 0.354. The van der Waals surface area contributed by atoms with Gasteiger partial charge in [0.15, 0.2) is 5.40 Å². The summed E-state index contributed by atoms with van der Waals surface area (Å²) >= 11 is 0. The molecule has 0 saturated carbocycles. The molecule has 0 bridgehead atoms. The van der Waals surface area contributed by atoms with Crippen LogP contribution >= 0.6 is 15.2 Å². The molecule has 0 aromatic carbocycles. The monoisotopic (exact) mass is 494 g/mol. The van der Waals surface area contributed by atoms with Crippen LogP contribution in [0.1, 0.15) is 60.1 Å². The van der Waals surface area contributed by atoms with Gasteiger partial charge >= 0.3 is 21.3 Å².